The van der Waals surface area contributed by atoms with Crippen molar-refractivity contribution in [3.8, 4) is 0 Å². The molecule has 2 N–H and O–H groups in total. The molecule has 0 fully saturated rings. The van der Waals surface area contributed by atoms with Crippen LogP contribution in [0.4, 0.5) is 18.9 Å². The number of nitrogens with two attached hydrogens (primary N) is 1. The summed E-state index contributed by atoms with van der Waals surface area (Å²) in [6, 6.07) is 5.94. The van der Waals surface area contributed by atoms with E-state index in [1.807, 2.05) is 6.92 Å². The molecule has 1 unspecified atom stereocenters. The predicted molar refractivity (Wildman–Crippen MR) is 124 cm³/mol. The fourth-order valence-corrected chi connectivity index (χ4v) is 2.60. The van der Waals surface area contributed by atoms with Crippen molar-refractivity contribution in [3.05, 3.63) is 60.1 Å². The van der Waals surface area contributed by atoms with Crippen molar-refractivity contribution in [1.82, 2.24) is 0 Å². The summed E-state index contributed by atoms with van der Waals surface area (Å²) in [5.74, 6) is 0. The molecule has 0 saturated heterocycles. The first-order valence-corrected chi connectivity index (χ1v) is 10.5. The number of primary sulfonamides is 1. The highest BCUT2D eigenvalue weighted by molar-refractivity contribution is 7.89. The molecule has 174 valence electrons. The largest absolute Gasteiger partial charge is 0.349 e. The van der Waals surface area contributed by atoms with Gasteiger partial charge in [0.15, 0.2) is 0 Å². The normalized spacial score (nSPS) is 13.5. The molecule has 0 aliphatic heterocycles. The van der Waals surface area contributed by atoms with Gasteiger partial charge in [-0.2, -0.15) is 0 Å². The summed E-state index contributed by atoms with van der Waals surface area (Å²) in [6.45, 7) is 8.71. The van der Waals surface area contributed by atoms with E-state index in [0.29, 0.717) is 31.3 Å². The maximum absolute atomic E-state index is 14.0. The van der Waals surface area contributed by atoms with E-state index in [9.17, 15) is 21.6 Å². The lowest BCUT2D eigenvalue weighted by Crippen LogP contribution is -2.14. The van der Waals surface area contributed by atoms with E-state index < -0.39 is 16.2 Å². The van der Waals surface area contributed by atoms with Crippen molar-refractivity contribution >= 4 is 28.1 Å². The van der Waals surface area contributed by atoms with Gasteiger partial charge in [0.25, 0.3) is 0 Å². The van der Waals surface area contributed by atoms with Crippen molar-refractivity contribution in [2.45, 2.75) is 31.8 Å². The molecular formula is C21H31F3N4O2S. The minimum atomic E-state index is -3.76. The quantitative estimate of drug-likeness (QED) is 0.448. The first-order valence-electron chi connectivity index (χ1n) is 8.93. The highest BCUT2D eigenvalue weighted by atomic mass is 32.2. The number of alkyl halides is 3. The summed E-state index contributed by atoms with van der Waals surface area (Å²) in [7, 11) is -1.05. The third kappa shape index (κ3) is 11.3. The van der Waals surface area contributed by atoms with Crippen LogP contribution in [0.3, 0.4) is 0 Å². The molecule has 1 aromatic rings. The monoisotopic (exact) mass is 460 g/mol. The molecule has 0 radical (unpaired) electrons. The summed E-state index contributed by atoms with van der Waals surface area (Å²) >= 11 is 0. The van der Waals surface area contributed by atoms with Crippen LogP contribution < -0.4 is 10.0 Å². The van der Waals surface area contributed by atoms with Crippen LogP contribution >= 0.6 is 0 Å². The van der Waals surface area contributed by atoms with Crippen molar-refractivity contribution < 1.29 is 21.6 Å². The fraction of sp³-hybridized carbons (Fsp3) is 0.333. The molecule has 6 nitrogen and oxygen atoms in total. The molecule has 0 aromatic heterocycles. The fourth-order valence-electron chi connectivity index (χ4n) is 2.09. The average molecular weight is 461 g/mol. The number of hydrogen-bond donors (Lipinski definition) is 1. The van der Waals surface area contributed by atoms with E-state index in [2.05, 4.69) is 16.6 Å². The van der Waals surface area contributed by atoms with Crippen molar-refractivity contribution in [2.75, 3.05) is 26.3 Å². The Morgan fingerprint density at radius 1 is 1.16 bits per heavy atom. The number of aliphatic imine (C=N–C) groups is 2. The molecule has 0 heterocycles. The second kappa shape index (κ2) is 16.0. The zero-order chi connectivity index (χ0) is 24.6. The minimum absolute atomic E-state index is 0.00782. The van der Waals surface area contributed by atoms with Crippen LogP contribution in [0.25, 0.3) is 0 Å². The van der Waals surface area contributed by atoms with Gasteiger partial charge in [0.2, 0.25) is 10.0 Å². The van der Waals surface area contributed by atoms with Crippen LogP contribution in [0.2, 0.25) is 0 Å². The van der Waals surface area contributed by atoms with E-state index in [4.69, 9.17) is 5.14 Å². The van der Waals surface area contributed by atoms with E-state index in [1.54, 1.807) is 43.3 Å². The Morgan fingerprint density at radius 2 is 1.68 bits per heavy atom. The Morgan fingerprint density at radius 3 is 2.06 bits per heavy atom. The highest BCUT2D eigenvalue weighted by Crippen LogP contribution is 2.19. The van der Waals surface area contributed by atoms with Crippen LogP contribution in [-0.2, 0) is 10.0 Å². The number of allylic oxidation sites excluding steroid dienone is 4. The van der Waals surface area contributed by atoms with Gasteiger partial charge in [-0.05, 0) is 45.0 Å². The molecule has 10 heteroatoms. The van der Waals surface area contributed by atoms with Crippen LogP contribution in [0, 0.1) is 0 Å². The predicted octanol–water partition coefficient (Wildman–Crippen LogP) is 4.76. The summed E-state index contributed by atoms with van der Waals surface area (Å²) in [6.07, 6.45) is 4.98. The lowest BCUT2D eigenvalue weighted by molar-refractivity contribution is 0.408. The van der Waals surface area contributed by atoms with E-state index in [-0.39, 0.29) is 10.6 Å². The van der Waals surface area contributed by atoms with Gasteiger partial charge < -0.3 is 4.90 Å². The highest BCUT2D eigenvalue weighted by Gasteiger charge is 2.10. The Labute approximate surface area is 183 Å². The van der Waals surface area contributed by atoms with Crippen molar-refractivity contribution in [3.63, 3.8) is 0 Å². The van der Waals surface area contributed by atoms with Gasteiger partial charge in [-0.3, -0.25) is 18.8 Å². The van der Waals surface area contributed by atoms with Crippen molar-refractivity contribution in [1.29, 1.82) is 0 Å². The number of nitrogens with zero attached hydrogens (tertiary/aromatic N) is 3. The molecule has 0 amide bonds. The average Bonchev–Trinajstić information content (AvgIpc) is 2.75. The third-order valence-electron chi connectivity index (χ3n) is 3.62. The molecule has 31 heavy (non-hydrogen) atoms. The molecule has 1 atom stereocenters. The maximum atomic E-state index is 14.0. The lowest BCUT2D eigenvalue weighted by Gasteiger charge is -2.16. The zero-order valence-electron chi connectivity index (χ0n) is 18.7. The van der Waals surface area contributed by atoms with Crippen LogP contribution in [0.15, 0.2) is 75.0 Å². The van der Waals surface area contributed by atoms with E-state index >= 15 is 0 Å². The van der Waals surface area contributed by atoms with Gasteiger partial charge in [-0.15, -0.1) is 0 Å². The zero-order valence-corrected chi connectivity index (χ0v) is 19.5. The molecule has 0 saturated carbocycles. The van der Waals surface area contributed by atoms with Gasteiger partial charge in [-0.1, -0.05) is 12.7 Å². The number of benzene rings is 1. The third-order valence-corrected chi connectivity index (χ3v) is 4.55. The lowest BCUT2D eigenvalue weighted by atomic mass is 10.2. The topological polar surface area (TPSA) is 88.1 Å². The van der Waals surface area contributed by atoms with Crippen LogP contribution in [0.5, 0.6) is 0 Å². The number of hydrogen-bond acceptors (Lipinski definition) is 5. The summed E-state index contributed by atoms with van der Waals surface area (Å²) in [4.78, 5) is 10.0. The minimum Gasteiger partial charge on any atom is -0.349 e. The number of sulfonamides is 1. The Bertz CT molecular complexity index is 892. The molecular weight excluding hydrogens is 429 g/mol. The summed E-state index contributed by atoms with van der Waals surface area (Å²) in [5, 5.41) is 5.09. The smallest absolute Gasteiger partial charge is 0.238 e. The Kier molecular flexibility index (Phi) is 15.8. The van der Waals surface area contributed by atoms with Gasteiger partial charge in [0, 0.05) is 42.6 Å². The summed E-state index contributed by atoms with van der Waals surface area (Å²) < 4.78 is 55.6. The first kappa shape index (κ1) is 30.5. The molecule has 0 aliphatic carbocycles. The molecule has 0 spiro atoms. The molecule has 1 rings (SSSR count). The van der Waals surface area contributed by atoms with Gasteiger partial charge in [0.1, 0.15) is 6.17 Å². The molecule has 0 aliphatic rings. The van der Waals surface area contributed by atoms with Crippen molar-refractivity contribution in [2.24, 2.45) is 15.1 Å². The van der Waals surface area contributed by atoms with E-state index in [1.165, 1.54) is 31.5 Å². The Hall–Kier alpha value is -2.72. The molecule has 0 bridgehead atoms. The maximum Gasteiger partial charge on any atom is 0.238 e. The van der Waals surface area contributed by atoms with Gasteiger partial charge in [0.05, 0.1) is 24.9 Å². The van der Waals surface area contributed by atoms with Crippen LogP contribution in [0.1, 0.15) is 20.8 Å². The number of anilines is 1. The summed E-state index contributed by atoms with van der Waals surface area (Å²) in [5.41, 5.74) is 2.25. The standard InChI is InChI=1S/C19H25FN4O2S.2CH3F/c1-6-16(15(4)22-7-2)12-23-19(14(3)20)13-24(5)17-8-10-18(11-9-17)27(21,25)26;2*1-2/h6-14H,1H2,2-5H3,(H2,21,25,26);2*1H3/b16-15+,19-13-,22-7?,23-12+;;. The Balaban J connectivity index is 0. The van der Waals surface area contributed by atoms with E-state index in [0.717, 1.165) is 0 Å². The van der Waals surface area contributed by atoms with Crippen LogP contribution in [-0.4, -0.2) is 48.4 Å². The number of halogens is 3. The first-order chi connectivity index (χ1) is 14.6. The SMILES string of the molecule is C=CC(/C=N/C(=C\N(C)c1ccc(S(N)(=O)=O)cc1)C(C)F)=C(/C)N=CC.CF.CF. The second-order valence-electron chi connectivity index (χ2n) is 5.71. The second-order valence-corrected chi connectivity index (χ2v) is 7.27. The van der Waals surface area contributed by atoms with Gasteiger partial charge in [-0.25, -0.2) is 17.9 Å². The number of rotatable bonds is 8. The van der Waals surface area contributed by atoms with Gasteiger partial charge >= 0.3 is 0 Å². The molecule has 1 aromatic carbocycles.